The van der Waals surface area contributed by atoms with Crippen LogP contribution in [0.1, 0.15) is 56.7 Å². The van der Waals surface area contributed by atoms with E-state index in [0.29, 0.717) is 12.5 Å². The Morgan fingerprint density at radius 2 is 2.10 bits per heavy atom. The predicted molar refractivity (Wildman–Crippen MR) is 84.1 cm³/mol. The van der Waals surface area contributed by atoms with Gasteiger partial charge in [0.05, 0.1) is 6.42 Å². The van der Waals surface area contributed by atoms with E-state index in [-0.39, 0.29) is 5.91 Å². The zero-order chi connectivity index (χ0) is 14.5. The number of amides is 1. The fourth-order valence-corrected chi connectivity index (χ4v) is 2.94. The number of unbranched alkanes of at least 4 members (excludes halogenated alkanes) is 2. The Labute approximate surface area is 122 Å². The number of hydrogen-bond acceptors (Lipinski definition) is 2. The monoisotopic (exact) mass is 274 g/mol. The average Bonchev–Trinajstić information content (AvgIpc) is 2.73. The summed E-state index contributed by atoms with van der Waals surface area (Å²) in [6, 6.07) is 6.90. The summed E-state index contributed by atoms with van der Waals surface area (Å²) in [5.74, 6) is 0.197. The van der Waals surface area contributed by atoms with E-state index in [2.05, 4.69) is 37.4 Å². The van der Waals surface area contributed by atoms with Gasteiger partial charge in [-0.15, -0.1) is 0 Å². The van der Waals surface area contributed by atoms with E-state index in [9.17, 15) is 4.79 Å². The number of nitrogens with one attached hydrogen (secondary N) is 1. The Morgan fingerprint density at radius 3 is 2.80 bits per heavy atom. The number of carbonyl (C=O) groups is 1. The molecule has 0 saturated carbocycles. The molecule has 1 N–H and O–H groups in total. The zero-order valence-corrected chi connectivity index (χ0v) is 12.9. The van der Waals surface area contributed by atoms with Gasteiger partial charge < -0.3 is 10.2 Å². The molecule has 20 heavy (non-hydrogen) atoms. The third-order valence-corrected chi connectivity index (χ3v) is 4.13. The number of likely N-dealkylation sites (N-methyl/N-ethyl adjacent to an activating group) is 1. The lowest BCUT2D eigenvalue weighted by Gasteiger charge is -2.19. The van der Waals surface area contributed by atoms with Crippen molar-refractivity contribution >= 4 is 11.6 Å². The molecule has 1 aliphatic heterocycles. The number of benzene rings is 1. The maximum absolute atomic E-state index is 11.8. The molecule has 0 fully saturated rings. The number of rotatable bonds is 7. The second-order valence-corrected chi connectivity index (χ2v) is 5.62. The minimum Gasteiger partial charge on any atom is -0.315 e. The van der Waals surface area contributed by atoms with E-state index >= 15 is 0 Å². The fraction of sp³-hybridized carbons (Fsp3) is 0.588. The van der Waals surface area contributed by atoms with Crippen LogP contribution in [0.25, 0.3) is 0 Å². The first-order valence-corrected chi connectivity index (χ1v) is 7.80. The van der Waals surface area contributed by atoms with Crippen molar-refractivity contribution in [1.82, 2.24) is 5.32 Å². The van der Waals surface area contributed by atoms with Crippen molar-refractivity contribution in [3.63, 3.8) is 0 Å². The molecule has 110 valence electrons. The Hall–Kier alpha value is -1.35. The smallest absolute Gasteiger partial charge is 0.231 e. The van der Waals surface area contributed by atoms with Gasteiger partial charge >= 0.3 is 0 Å². The van der Waals surface area contributed by atoms with Gasteiger partial charge in [-0.05, 0) is 30.2 Å². The Kier molecular flexibility index (Phi) is 5.18. The number of nitrogens with zero attached hydrogens (tertiary/aromatic N) is 1. The highest BCUT2D eigenvalue weighted by molar-refractivity contribution is 6.00. The molecule has 0 aliphatic carbocycles. The van der Waals surface area contributed by atoms with E-state index in [1.165, 1.54) is 36.8 Å². The van der Waals surface area contributed by atoms with Gasteiger partial charge in [0, 0.05) is 18.8 Å². The molecular weight excluding hydrogens is 248 g/mol. The third kappa shape index (κ3) is 3.21. The van der Waals surface area contributed by atoms with Crippen molar-refractivity contribution in [3.05, 3.63) is 29.3 Å². The number of fused-ring (bicyclic) bond motifs is 1. The Balaban J connectivity index is 2.14. The maximum Gasteiger partial charge on any atom is 0.231 e. The molecule has 0 aromatic heterocycles. The number of anilines is 1. The van der Waals surface area contributed by atoms with Crippen molar-refractivity contribution in [3.8, 4) is 0 Å². The summed E-state index contributed by atoms with van der Waals surface area (Å²) >= 11 is 0. The largest absolute Gasteiger partial charge is 0.315 e. The van der Waals surface area contributed by atoms with Crippen molar-refractivity contribution in [1.29, 1.82) is 0 Å². The Morgan fingerprint density at radius 1 is 1.30 bits per heavy atom. The highest BCUT2D eigenvalue weighted by atomic mass is 16.2. The van der Waals surface area contributed by atoms with Gasteiger partial charge in [0.15, 0.2) is 0 Å². The van der Waals surface area contributed by atoms with E-state index < -0.39 is 0 Å². The molecule has 1 amide bonds. The first-order chi connectivity index (χ1) is 9.67. The lowest BCUT2D eigenvalue weighted by Crippen LogP contribution is -2.21. The van der Waals surface area contributed by atoms with Crippen molar-refractivity contribution < 1.29 is 4.79 Å². The molecule has 0 spiro atoms. The normalized spacial score (nSPS) is 15.6. The van der Waals surface area contributed by atoms with Gasteiger partial charge in [0.1, 0.15) is 0 Å². The van der Waals surface area contributed by atoms with Crippen LogP contribution in [0.5, 0.6) is 0 Å². The number of hydrogen-bond donors (Lipinski definition) is 1. The lowest BCUT2D eigenvalue weighted by atomic mass is 9.97. The van der Waals surface area contributed by atoms with Crippen LogP contribution >= 0.6 is 0 Å². The summed E-state index contributed by atoms with van der Waals surface area (Å²) in [5, 5.41) is 3.57. The highest BCUT2D eigenvalue weighted by Gasteiger charge is 2.24. The second-order valence-electron chi connectivity index (χ2n) is 5.62. The van der Waals surface area contributed by atoms with Crippen LogP contribution in [0.2, 0.25) is 0 Å². The van der Waals surface area contributed by atoms with E-state index in [4.69, 9.17) is 0 Å². The molecule has 1 unspecified atom stereocenters. The quantitative estimate of drug-likeness (QED) is 0.773. The molecule has 3 heteroatoms. The molecule has 0 saturated heterocycles. The minimum absolute atomic E-state index is 0.197. The van der Waals surface area contributed by atoms with Crippen LogP contribution in [-0.4, -0.2) is 19.5 Å². The third-order valence-electron chi connectivity index (χ3n) is 4.13. The van der Waals surface area contributed by atoms with E-state index in [1.807, 2.05) is 7.05 Å². The Bertz CT molecular complexity index is 470. The molecule has 2 rings (SSSR count). The average molecular weight is 274 g/mol. The zero-order valence-electron chi connectivity index (χ0n) is 12.9. The first-order valence-electron chi connectivity index (χ1n) is 7.80. The minimum atomic E-state index is 0.197. The van der Waals surface area contributed by atoms with Crippen molar-refractivity contribution in [2.45, 2.75) is 52.0 Å². The molecular formula is C17H26N2O. The summed E-state index contributed by atoms with van der Waals surface area (Å²) in [6.07, 6.45) is 5.51. The van der Waals surface area contributed by atoms with Gasteiger partial charge in [-0.1, -0.05) is 45.2 Å². The van der Waals surface area contributed by atoms with Crippen LogP contribution < -0.4 is 10.2 Å². The summed E-state index contributed by atoms with van der Waals surface area (Å²) < 4.78 is 0. The first kappa shape index (κ1) is 15.0. The maximum atomic E-state index is 11.8. The van der Waals surface area contributed by atoms with Gasteiger partial charge in [-0.3, -0.25) is 4.79 Å². The van der Waals surface area contributed by atoms with E-state index in [0.717, 1.165) is 12.2 Å². The predicted octanol–water partition coefficient (Wildman–Crippen LogP) is 3.44. The fourth-order valence-electron chi connectivity index (χ4n) is 2.94. The molecule has 0 radical (unpaired) electrons. The van der Waals surface area contributed by atoms with Crippen LogP contribution in [0.15, 0.2) is 18.2 Å². The standard InChI is InChI=1S/C17H26N2O/c1-4-6-7-8-15(18-5-2)13-9-10-16-14(11-13)12-17(20)19(16)3/h9-11,15,18H,4-8,12H2,1-3H3. The summed E-state index contributed by atoms with van der Waals surface area (Å²) in [4.78, 5) is 13.5. The molecule has 0 bridgehead atoms. The van der Waals surface area contributed by atoms with Crippen molar-refractivity contribution in [2.75, 3.05) is 18.5 Å². The van der Waals surface area contributed by atoms with Crippen LogP contribution in [0.4, 0.5) is 5.69 Å². The molecule has 1 aromatic carbocycles. The van der Waals surface area contributed by atoms with Crippen LogP contribution in [-0.2, 0) is 11.2 Å². The number of carbonyl (C=O) groups excluding carboxylic acids is 1. The molecule has 1 atom stereocenters. The second kappa shape index (κ2) is 6.89. The van der Waals surface area contributed by atoms with Gasteiger partial charge in [-0.25, -0.2) is 0 Å². The van der Waals surface area contributed by atoms with E-state index in [1.54, 1.807) is 4.90 Å². The van der Waals surface area contributed by atoms with Gasteiger partial charge in [-0.2, -0.15) is 0 Å². The van der Waals surface area contributed by atoms with Crippen LogP contribution in [0, 0.1) is 0 Å². The summed E-state index contributed by atoms with van der Waals surface area (Å²) in [6.45, 7) is 5.36. The topological polar surface area (TPSA) is 32.3 Å². The molecule has 1 aromatic rings. The lowest BCUT2D eigenvalue weighted by molar-refractivity contribution is -0.117. The molecule has 1 aliphatic rings. The van der Waals surface area contributed by atoms with Crippen molar-refractivity contribution in [2.24, 2.45) is 0 Å². The van der Waals surface area contributed by atoms with Crippen LogP contribution in [0.3, 0.4) is 0 Å². The molecule has 1 heterocycles. The summed E-state index contributed by atoms with van der Waals surface area (Å²) in [5.41, 5.74) is 3.57. The van der Waals surface area contributed by atoms with Gasteiger partial charge in [0.2, 0.25) is 5.91 Å². The van der Waals surface area contributed by atoms with Gasteiger partial charge in [0.25, 0.3) is 0 Å². The SMILES string of the molecule is CCCCCC(NCC)c1ccc2c(c1)CC(=O)N2C. The molecule has 3 nitrogen and oxygen atoms in total. The summed E-state index contributed by atoms with van der Waals surface area (Å²) in [7, 11) is 1.86. The highest BCUT2D eigenvalue weighted by Crippen LogP contribution is 2.31.